The second-order valence-corrected chi connectivity index (χ2v) is 4.00. The van der Waals surface area contributed by atoms with Gasteiger partial charge in [0.1, 0.15) is 11.5 Å². The fraction of sp³-hybridized carbons (Fsp3) is 0.308. The molecule has 0 spiro atoms. The van der Waals surface area contributed by atoms with Crippen LogP contribution in [0.2, 0.25) is 0 Å². The highest BCUT2D eigenvalue weighted by Crippen LogP contribution is 2.29. The van der Waals surface area contributed by atoms with Crippen LogP contribution in [0.4, 0.5) is 0 Å². The Morgan fingerprint density at radius 3 is 2.81 bits per heavy atom. The summed E-state index contributed by atoms with van der Waals surface area (Å²) in [5.41, 5.74) is 2.10. The minimum absolute atomic E-state index is 0.176. The first-order valence-corrected chi connectivity index (χ1v) is 5.24. The number of para-hydroxylation sites is 1. The summed E-state index contributed by atoms with van der Waals surface area (Å²) in [6.07, 6.45) is 2.47. The van der Waals surface area contributed by atoms with E-state index in [2.05, 4.69) is 0 Å². The van der Waals surface area contributed by atoms with Crippen LogP contribution >= 0.6 is 0 Å². The standard InChI is InChI=1S/C13H15NO2/c1-9(15)7-10-8-14(2)13-11(10)5-4-6-12(13)16-3/h4-6,8H,7H2,1-3H3. The lowest BCUT2D eigenvalue weighted by atomic mass is 10.1. The summed E-state index contributed by atoms with van der Waals surface area (Å²) in [7, 11) is 3.63. The van der Waals surface area contributed by atoms with Crippen LogP contribution in [0.5, 0.6) is 5.75 Å². The molecule has 2 aromatic rings. The molecule has 0 radical (unpaired) electrons. The first-order valence-electron chi connectivity index (χ1n) is 5.24. The lowest BCUT2D eigenvalue weighted by molar-refractivity contribution is -0.116. The van der Waals surface area contributed by atoms with Crippen molar-refractivity contribution in [1.82, 2.24) is 4.57 Å². The lowest BCUT2D eigenvalue weighted by Gasteiger charge is -2.03. The number of fused-ring (bicyclic) bond motifs is 1. The second kappa shape index (κ2) is 4.00. The molecule has 1 aromatic carbocycles. The van der Waals surface area contributed by atoms with Crippen molar-refractivity contribution >= 4 is 16.7 Å². The highest BCUT2D eigenvalue weighted by Gasteiger charge is 2.11. The van der Waals surface area contributed by atoms with Crippen molar-refractivity contribution in [1.29, 1.82) is 0 Å². The molecule has 0 fully saturated rings. The second-order valence-electron chi connectivity index (χ2n) is 4.00. The van der Waals surface area contributed by atoms with Gasteiger partial charge >= 0.3 is 0 Å². The van der Waals surface area contributed by atoms with E-state index in [1.807, 2.05) is 36.0 Å². The van der Waals surface area contributed by atoms with E-state index in [4.69, 9.17) is 4.74 Å². The van der Waals surface area contributed by atoms with Gasteiger partial charge in [-0.25, -0.2) is 0 Å². The van der Waals surface area contributed by atoms with Crippen LogP contribution < -0.4 is 4.74 Å². The van der Waals surface area contributed by atoms with Gasteiger partial charge in [0.2, 0.25) is 0 Å². The Morgan fingerprint density at radius 1 is 1.44 bits per heavy atom. The van der Waals surface area contributed by atoms with E-state index in [1.54, 1.807) is 14.0 Å². The molecule has 0 aliphatic carbocycles. The van der Waals surface area contributed by atoms with Gasteiger partial charge in [-0.2, -0.15) is 0 Å². The average molecular weight is 217 g/mol. The Morgan fingerprint density at radius 2 is 2.19 bits per heavy atom. The summed E-state index contributed by atoms with van der Waals surface area (Å²) in [6, 6.07) is 5.90. The maximum absolute atomic E-state index is 11.2. The third kappa shape index (κ3) is 1.69. The topological polar surface area (TPSA) is 31.2 Å². The summed E-state index contributed by atoms with van der Waals surface area (Å²) in [6.45, 7) is 1.61. The van der Waals surface area contributed by atoms with Crippen molar-refractivity contribution in [2.75, 3.05) is 7.11 Å². The molecule has 3 heteroatoms. The number of hydrogen-bond donors (Lipinski definition) is 0. The number of aryl methyl sites for hydroxylation is 1. The maximum Gasteiger partial charge on any atom is 0.143 e. The van der Waals surface area contributed by atoms with Gasteiger partial charge in [0.25, 0.3) is 0 Å². The molecule has 0 aliphatic rings. The molecule has 0 N–H and O–H groups in total. The van der Waals surface area contributed by atoms with Crippen LogP contribution in [-0.4, -0.2) is 17.5 Å². The molecule has 3 nitrogen and oxygen atoms in total. The number of carbonyl (C=O) groups is 1. The molecular formula is C13H15NO2. The first kappa shape index (κ1) is 10.7. The van der Waals surface area contributed by atoms with E-state index in [1.165, 1.54) is 0 Å². The number of hydrogen-bond acceptors (Lipinski definition) is 2. The smallest absolute Gasteiger partial charge is 0.143 e. The summed E-state index contributed by atoms with van der Waals surface area (Å²) in [4.78, 5) is 11.2. The third-order valence-corrected chi connectivity index (χ3v) is 2.71. The zero-order valence-corrected chi connectivity index (χ0v) is 9.78. The van der Waals surface area contributed by atoms with Crippen molar-refractivity contribution < 1.29 is 9.53 Å². The van der Waals surface area contributed by atoms with E-state index < -0.39 is 0 Å². The van der Waals surface area contributed by atoms with Gasteiger partial charge < -0.3 is 9.30 Å². The number of nitrogens with zero attached hydrogens (tertiary/aromatic N) is 1. The molecule has 0 saturated heterocycles. The molecule has 1 aromatic heterocycles. The van der Waals surface area contributed by atoms with Crippen molar-refractivity contribution in [3.05, 3.63) is 30.0 Å². The molecule has 0 saturated carbocycles. The quantitative estimate of drug-likeness (QED) is 0.790. The molecule has 0 amide bonds. The van der Waals surface area contributed by atoms with Crippen LogP contribution in [0.1, 0.15) is 12.5 Å². The van der Waals surface area contributed by atoms with Crippen LogP contribution in [0, 0.1) is 0 Å². The number of ketones is 1. The number of Topliss-reactive ketones (excluding diaryl/α,β-unsaturated/α-hetero) is 1. The minimum atomic E-state index is 0.176. The van der Waals surface area contributed by atoms with Crippen LogP contribution in [0.15, 0.2) is 24.4 Å². The van der Waals surface area contributed by atoms with Gasteiger partial charge in [0.15, 0.2) is 0 Å². The van der Waals surface area contributed by atoms with Crippen LogP contribution in [0.25, 0.3) is 10.9 Å². The predicted molar refractivity (Wildman–Crippen MR) is 63.9 cm³/mol. The highest BCUT2D eigenvalue weighted by atomic mass is 16.5. The average Bonchev–Trinajstić information content (AvgIpc) is 2.55. The van der Waals surface area contributed by atoms with Crippen molar-refractivity contribution in [3.8, 4) is 5.75 Å². The monoisotopic (exact) mass is 217 g/mol. The van der Waals surface area contributed by atoms with E-state index >= 15 is 0 Å². The van der Waals surface area contributed by atoms with E-state index in [0.29, 0.717) is 6.42 Å². The summed E-state index contributed by atoms with van der Waals surface area (Å²) in [5, 5.41) is 1.09. The Labute approximate surface area is 94.6 Å². The molecule has 0 aliphatic heterocycles. The van der Waals surface area contributed by atoms with Gasteiger partial charge in [-0.1, -0.05) is 12.1 Å². The Hall–Kier alpha value is -1.77. The number of ether oxygens (including phenoxy) is 1. The number of aromatic nitrogens is 1. The Kier molecular flexibility index (Phi) is 2.69. The number of benzene rings is 1. The van der Waals surface area contributed by atoms with Crippen molar-refractivity contribution in [2.45, 2.75) is 13.3 Å². The van der Waals surface area contributed by atoms with Crippen LogP contribution in [-0.2, 0) is 18.3 Å². The van der Waals surface area contributed by atoms with E-state index in [9.17, 15) is 4.79 Å². The molecular weight excluding hydrogens is 202 g/mol. The van der Waals surface area contributed by atoms with Gasteiger partial charge in [-0.3, -0.25) is 4.79 Å². The van der Waals surface area contributed by atoms with E-state index in [0.717, 1.165) is 22.2 Å². The van der Waals surface area contributed by atoms with Crippen molar-refractivity contribution in [2.24, 2.45) is 7.05 Å². The fourth-order valence-electron chi connectivity index (χ4n) is 2.09. The maximum atomic E-state index is 11.2. The summed E-state index contributed by atoms with van der Waals surface area (Å²) < 4.78 is 7.33. The molecule has 1 heterocycles. The number of rotatable bonds is 3. The molecule has 0 atom stereocenters. The zero-order valence-electron chi connectivity index (χ0n) is 9.78. The van der Waals surface area contributed by atoms with Gasteiger partial charge in [0.05, 0.1) is 12.6 Å². The third-order valence-electron chi connectivity index (χ3n) is 2.71. The van der Waals surface area contributed by atoms with Crippen molar-refractivity contribution in [3.63, 3.8) is 0 Å². The lowest BCUT2D eigenvalue weighted by Crippen LogP contribution is -1.94. The Balaban J connectivity index is 2.66. The van der Waals surface area contributed by atoms with Crippen LogP contribution in [0.3, 0.4) is 0 Å². The van der Waals surface area contributed by atoms with Gasteiger partial charge in [-0.05, 0) is 18.6 Å². The predicted octanol–water partition coefficient (Wildman–Crippen LogP) is 2.32. The first-order chi connectivity index (χ1) is 7.63. The molecule has 2 rings (SSSR count). The Bertz CT molecular complexity index is 540. The van der Waals surface area contributed by atoms with Gasteiger partial charge in [-0.15, -0.1) is 0 Å². The number of carbonyl (C=O) groups excluding carboxylic acids is 1. The zero-order chi connectivity index (χ0) is 11.7. The normalized spacial score (nSPS) is 10.7. The molecule has 84 valence electrons. The molecule has 0 unspecified atom stereocenters. The molecule has 16 heavy (non-hydrogen) atoms. The van der Waals surface area contributed by atoms with Gasteiger partial charge in [0, 0.05) is 25.1 Å². The van der Waals surface area contributed by atoms with E-state index in [-0.39, 0.29) is 5.78 Å². The SMILES string of the molecule is COc1cccc2c(CC(C)=O)cn(C)c12. The summed E-state index contributed by atoms with van der Waals surface area (Å²) >= 11 is 0. The fourth-order valence-corrected chi connectivity index (χ4v) is 2.09. The minimum Gasteiger partial charge on any atom is -0.495 e. The highest BCUT2D eigenvalue weighted by molar-refractivity contribution is 5.92. The summed E-state index contributed by atoms with van der Waals surface area (Å²) in [5.74, 6) is 1.02. The molecule has 0 bridgehead atoms. The number of methoxy groups -OCH3 is 1. The largest absolute Gasteiger partial charge is 0.495 e.